The first-order valence-electron chi connectivity index (χ1n) is 7.75. The average molecular weight is 335 g/mol. The molecule has 1 heterocycles. The standard InChI is InChI=1S/C20H17NO4/c1-24-18(23)10-8-15-7-9-17(20-19(15)16(12-22)11-21-20)25-13-14-5-3-2-4-6-14/h2-12,21H,13H2,1H3/b10-8+. The quantitative estimate of drug-likeness (QED) is 0.423. The van der Waals surface area contributed by atoms with E-state index in [0.717, 1.165) is 17.4 Å². The van der Waals surface area contributed by atoms with E-state index >= 15 is 0 Å². The lowest BCUT2D eigenvalue weighted by Gasteiger charge is -2.09. The fourth-order valence-electron chi connectivity index (χ4n) is 2.59. The number of carbonyl (C=O) groups excluding carboxylic acids is 2. The van der Waals surface area contributed by atoms with E-state index in [-0.39, 0.29) is 0 Å². The maximum absolute atomic E-state index is 11.3. The number of ether oxygens (including phenoxy) is 2. The van der Waals surface area contributed by atoms with Gasteiger partial charge in [-0.2, -0.15) is 0 Å². The summed E-state index contributed by atoms with van der Waals surface area (Å²) in [5.41, 5.74) is 3.00. The van der Waals surface area contributed by atoms with Crippen LogP contribution in [-0.4, -0.2) is 24.3 Å². The minimum Gasteiger partial charge on any atom is -0.487 e. The molecule has 0 aliphatic carbocycles. The van der Waals surface area contributed by atoms with E-state index in [2.05, 4.69) is 9.72 Å². The number of aldehydes is 1. The van der Waals surface area contributed by atoms with Crippen LogP contribution >= 0.6 is 0 Å². The number of H-pyrrole nitrogens is 1. The van der Waals surface area contributed by atoms with Crippen molar-refractivity contribution < 1.29 is 19.1 Å². The van der Waals surface area contributed by atoms with E-state index in [9.17, 15) is 9.59 Å². The first kappa shape index (κ1) is 16.5. The number of benzene rings is 2. The largest absolute Gasteiger partial charge is 0.487 e. The smallest absolute Gasteiger partial charge is 0.330 e. The molecule has 5 nitrogen and oxygen atoms in total. The number of nitrogens with one attached hydrogen (secondary N) is 1. The Morgan fingerprint density at radius 1 is 1.12 bits per heavy atom. The minimum atomic E-state index is -0.458. The summed E-state index contributed by atoms with van der Waals surface area (Å²) in [6.45, 7) is 0.419. The Morgan fingerprint density at radius 3 is 2.64 bits per heavy atom. The lowest BCUT2D eigenvalue weighted by Crippen LogP contribution is -1.97. The summed E-state index contributed by atoms with van der Waals surface area (Å²) in [4.78, 5) is 25.8. The van der Waals surface area contributed by atoms with Gasteiger partial charge in [0.25, 0.3) is 0 Å². The lowest BCUT2D eigenvalue weighted by atomic mass is 10.1. The highest BCUT2D eigenvalue weighted by Crippen LogP contribution is 2.31. The van der Waals surface area contributed by atoms with E-state index in [1.54, 1.807) is 12.3 Å². The number of esters is 1. The monoisotopic (exact) mass is 335 g/mol. The third-order valence-electron chi connectivity index (χ3n) is 3.82. The summed E-state index contributed by atoms with van der Waals surface area (Å²) in [5, 5.41) is 0.709. The first-order valence-corrected chi connectivity index (χ1v) is 7.75. The lowest BCUT2D eigenvalue weighted by molar-refractivity contribution is -0.134. The Morgan fingerprint density at radius 2 is 1.92 bits per heavy atom. The van der Waals surface area contributed by atoms with E-state index in [4.69, 9.17) is 4.74 Å². The third-order valence-corrected chi connectivity index (χ3v) is 3.82. The molecular formula is C20H17NO4. The van der Waals surface area contributed by atoms with Gasteiger partial charge in [-0.15, -0.1) is 0 Å². The second-order valence-corrected chi connectivity index (χ2v) is 5.40. The average Bonchev–Trinajstić information content (AvgIpc) is 3.10. The van der Waals surface area contributed by atoms with Crippen molar-refractivity contribution in [3.05, 3.63) is 71.4 Å². The Hall–Kier alpha value is -3.34. The fourth-order valence-corrected chi connectivity index (χ4v) is 2.59. The zero-order valence-electron chi connectivity index (χ0n) is 13.7. The molecule has 0 atom stereocenters. The summed E-state index contributed by atoms with van der Waals surface area (Å²) in [5.74, 6) is 0.183. The normalized spacial score (nSPS) is 10.9. The van der Waals surface area contributed by atoms with Crippen LogP contribution in [-0.2, 0) is 16.1 Å². The molecular weight excluding hydrogens is 318 g/mol. The molecule has 0 amide bonds. The second kappa shape index (κ2) is 7.49. The van der Waals surface area contributed by atoms with Gasteiger partial charge in [-0.3, -0.25) is 4.79 Å². The highest BCUT2D eigenvalue weighted by Gasteiger charge is 2.12. The van der Waals surface area contributed by atoms with Crippen molar-refractivity contribution in [1.29, 1.82) is 0 Å². The van der Waals surface area contributed by atoms with Gasteiger partial charge in [-0.25, -0.2) is 4.79 Å². The second-order valence-electron chi connectivity index (χ2n) is 5.40. The van der Waals surface area contributed by atoms with Crippen LogP contribution in [0.15, 0.2) is 54.7 Å². The molecule has 0 saturated heterocycles. The molecule has 0 spiro atoms. The predicted molar refractivity (Wildman–Crippen MR) is 95.5 cm³/mol. The summed E-state index contributed by atoms with van der Waals surface area (Å²) in [6, 6.07) is 13.4. The van der Waals surface area contributed by atoms with Crippen LogP contribution in [0, 0.1) is 0 Å². The molecule has 0 saturated carbocycles. The van der Waals surface area contributed by atoms with Gasteiger partial charge >= 0.3 is 5.97 Å². The van der Waals surface area contributed by atoms with Gasteiger partial charge in [-0.05, 0) is 23.3 Å². The number of hydrogen-bond donors (Lipinski definition) is 1. The van der Waals surface area contributed by atoms with Crippen molar-refractivity contribution in [2.75, 3.05) is 7.11 Å². The maximum atomic E-state index is 11.3. The molecule has 0 fully saturated rings. The molecule has 3 aromatic rings. The molecule has 3 rings (SSSR count). The number of carbonyl (C=O) groups is 2. The van der Waals surface area contributed by atoms with Crippen molar-refractivity contribution in [3.63, 3.8) is 0 Å². The van der Waals surface area contributed by atoms with Gasteiger partial charge in [0.1, 0.15) is 12.4 Å². The molecule has 0 aliphatic rings. The van der Waals surface area contributed by atoms with Crippen LogP contribution in [0.25, 0.3) is 17.0 Å². The molecule has 0 unspecified atom stereocenters. The van der Waals surface area contributed by atoms with Gasteiger partial charge in [0.2, 0.25) is 0 Å². The van der Waals surface area contributed by atoms with Crippen LogP contribution in [0.3, 0.4) is 0 Å². The van der Waals surface area contributed by atoms with Crippen molar-refractivity contribution in [2.24, 2.45) is 0 Å². The number of methoxy groups -OCH3 is 1. The molecule has 1 N–H and O–H groups in total. The van der Waals surface area contributed by atoms with Crippen LogP contribution in [0.5, 0.6) is 5.75 Å². The number of rotatable bonds is 6. The number of aromatic nitrogens is 1. The topological polar surface area (TPSA) is 68.4 Å². The van der Waals surface area contributed by atoms with Gasteiger partial charge in [-0.1, -0.05) is 36.4 Å². The Labute approximate surface area is 144 Å². The van der Waals surface area contributed by atoms with Crippen LogP contribution in [0.4, 0.5) is 0 Å². The molecule has 0 radical (unpaired) electrons. The Kier molecular flexibility index (Phi) is 4.95. The fraction of sp³-hybridized carbons (Fsp3) is 0.100. The number of fused-ring (bicyclic) bond motifs is 1. The summed E-state index contributed by atoms with van der Waals surface area (Å²) >= 11 is 0. The number of hydrogen-bond acceptors (Lipinski definition) is 4. The van der Waals surface area contributed by atoms with Gasteiger partial charge in [0, 0.05) is 23.2 Å². The first-order chi connectivity index (χ1) is 12.2. The predicted octanol–water partition coefficient (Wildman–Crippen LogP) is 3.75. The van der Waals surface area contributed by atoms with E-state index in [1.807, 2.05) is 42.5 Å². The van der Waals surface area contributed by atoms with Crippen molar-refractivity contribution in [3.8, 4) is 5.75 Å². The van der Waals surface area contributed by atoms with Gasteiger partial charge in [0.05, 0.1) is 12.6 Å². The van der Waals surface area contributed by atoms with E-state index in [0.29, 0.717) is 28.8 Å². The van der Waals surface area contributed by atoms with Crippen molar-refractivity contribution in [1.82, 2.24) is 4.98 Å². The third kappa shape index (κ3) is 3.61. The molecule has 0 bridgehead atoms. The zero-order chi connectivity index (χ0) is 17.6. The Balaban J connectivity index is 1.96. The molecule has 5 heteroatoms. The molecule has 2 aromatic carbocycles. The molecule has 25 heavy (non-hydrogen) atoms. The molecule has 126 valence electrons. The van der Waals surface area contributed by atoms with Crippen molar-refractivity contribution in [2.45, 2.75) is 6.61 Å². The minimum absolute atomic E-state index is 0.419. The summed E-state index contributed by atoms with van der Waals surface area (Å²) < 4.78 is 10.5. The zero-order valence-corrected chi connectivity index (χ0v) is 13.7. The summed E-state index contributed by atoms with van der Waals surface area (Å²) in [6.07, 6.45) is 5.34. The SMILES string of the molecule is COC(=O)/C=C/c1ccc(OCc2ccccc2)c2[nH]cc(C=O)c12. The van der Waals surface area contributed by atoms with Crippen LogP contribution < -0.4 is 4.74 Å². The highest BCUT2D eigenvalue weighted by molar-refractivity contribution is 6.05. The summed E-state index contributed by atoms with van der Waals surface area (Å²) in [7, 11) is 1.32. The number of aromatic amines is 1. The van der Waals surface area contributed by atoms with Gasteiger partial charge in [0.15, 0.2) is 6.29 Å². The molecule has 0 aliphatic heterocycles. The van der Waals surface area contributed by atoms with Gasteiger partial charge < -0.3 is 14.5 Å². The van der Waals surface area contributed by atoms with Crippen molar-refractivity contribution >= 4 is 29.2 Å². The van der Waals surface area contributed by atoms with E-state index in [1.165, 1.54) is 13.2 Å². The van der Waals surface area contributed by atoms with Crippen LogP contribution in [0.2, 0.25) is 0 Å². The molecule has 1 aromatic heterocycles. The van der Waals surface area contributed by atoms with E-state index < -0.39 is 5.97 Å². The van der Waals surface area contributed by atoms with Crippen LogP contribution in [0.1, 0.15) is 21.5 Å². The highest BCUT2D eigenvalue weighted by atomic mass is 16.5. The Bertz CT molecular complexity index is 926. The maximum Gasteiger partial charge on any atom is 0.330 e.